The van der Waals surface area contributed by atoms with Gasteiger partial charge in [-0.2, -0.15) is 4.98 Å². The monoisotopic (exact) mass is 358 g/mol. The molecule has 0 spiro atoms. The van der Waals surface area contributed by atoms with E-state index in [0.717, 1.165) is 16.7 Å². The van der Waals surface area contributed by atoms with E-state index in [9.17, 15) is 5.11 Å². The number of benzene rings is 3. The normalized spacial score (nSPS) is 10.7. The first kappa shape index (κ1) is 16.8. The smallest absolute Gasteiger partial charge is 0.230 e. The predicted octanol–water partition coefficient (Wildman–Crippen LogP) is 5.19. The number of aromatic nitrogens is 2. The molecule has 4 rings (SSSR count). The Balaban J connectivity index is 1.78. The number of phenols is 1. The molecule has 5 nitrogen and oxygen atoms in total. The van der Waals surface area contributed by atoms with Crippen LogP contribution in [0.25, 0.3) is 22.3 Å². The largest absolute Gasteiger partial charge is 0.507 e. The summed E-state index contributed by atoms with van der Waals surface area (Å²) < 4.78 is 11.5. The number of aromatic hydroxyl groups is 1. The maximum atomic E-state index is 10.2. The van der Waals surface area contributed by atoms with Gasteiger partial charge in [-0.25, -0.2) is 4.98 Å². The third-order valence-electron chi connectivity index (χ3n) is 4.06. The van der Waals surface area contributed by atoms with Crippen molar-refractivity contribution in [3.05, 3.63) is 72.8 Å². The Labute approximate surface area is 156 Å². The third-order valence-corrected chi connectivity index (χ3v) is 4.06. The molecule has 0 aliphatic carbocycles. The molecule has 27 heavy (non-hydrogen) atoms. The van der Waals surface area contributed by atoms with Gasteiger partial charge >= 0.3 is 0 Å². The van der Waals surface area contributed by atoms with Crippen molar-refractivity contribution in [2.75, 3.05) is 6.61 Å². The van der Waals surface area contributed by atoms with Crippen LogP contribution >= 0.6 is 0 Å². The molecule has 4 aromatic rings. The Kier molecular flexibility index (Phi) is 4.58. The fraction of sp³-hybridized carbons (Fsp3) is 0.0909. The molecule has 3 aromatic carbocycles. The first-order valence-electron chi connectivity index (χ1n) is 8.70. The average Bonchev–Trinajstić information content (AvgIpc) is 2.70. The highest BCUT2D eigenvalue weighted by atomic mass is 16.5. The topological polar surface area (TPSA) is 64.5 Å². The summed E-state index contributed by atoms with van der Waals surface area (Å²) in [6, 6.07) is 22.0. The first-order chi connectivity index (χ1) is 13.2. The molecule has 0 radical (unpaired) electrons. The zero-order valence-electron chi connectivity index (χ0n) is 14.8. The van der Waals surface area contributed by atoms with Gasteiger partial charge in [-0.15, -0.1) is 0 Å². The van der Waals surface area contributed by atoms with Crippen LogP contribution in [0.2, 0.25) is 0 Å². The Morgan fingerprint density at radius 3 is 2.30 bits per heavy atom. The van der Waals surface area contributed by atoms with Gasteiger partial charge in [-0.3, -0.25) is 0 Å². The van der Waals surface area contributed by atoms with Crippen molar-refractivity contribution in [1.82, 2.24) is 9.97 Å². The number of fused-ring (bicyclic) bond motifs is 1. The second-order valence-electron chi connectivity index (χ2n) is 5.89. The summed E-state index contributed by atoms with van der Waals surface area (Å²) >= 11 is 0. The minimum Gasteiger partial charge on any atom is -0.507 e. The number of phenolic OH excluding ortho intramolecular Hbond substituents is 1. The number of nitrogens with zero attached hydrogens (tertiary/aromatic N) is 2. The third kappa shape index (κ3) is 3.53. The Hall–Kier alpha value is -3.60. The van der Waals surface area contributed by atoms with Crippen LogP contribution in [-0.4, -0.2) is 21.7 Å². The summed E-state index contributed by atoms with van der Waals surface area (Å²) in [7, 11) is 0. The quantitative estimate of drug-likeness (QED) is 0.532. The average molecular weight is 358 g/mol. The molecule has 1 N–H and O–H groups in total. The Bertz CT molecular complexity index is 1080. The number of hydrogen-bond donors (Lipinski definition) is 1. The molecule has 5 heteroatoms. The van der Waals surface area contributed by atoms with Gasteiger partial charge in [-0.05, 0) is 55.5 Å². The van der Waals surface area contributed by atoms with E-state index in [1.165, 1.54) is 0 Å². The van der Waals surface area contributed by atoms with Crippen LogP contribution in [0.5, 0.6) is 23.1 Å². The van der Waals surface area contributed by atoms with Crippen LogP contribution < -0.4 is 9.47 Å². The van der Waals surface area contributed by atoms with E-state index in [1.54, 1.807) is 18.2 Å². The highest BCUT2D eigenvalue weighted by Crippen LogP contribution is 2.33. The maximum Gasteiger partial charge on any atom is 0.230 e. The molecule has 0 aliphatic heterocycles. The first-order valence-corrected chi connectivity index (χ1v) is 8.70. The van der Waals surface area contributed by atoms with E-state index in [0.29, 0.717) is 29.6 Å². The van der Waals surface area contributed by atoms with Crippen LogP contribution in [0.1, 0.15) is 6.92 Å². The molecule has 1 aromatic heterocycles. The molecule has 0 amide bonds. The van der Waals surface area contributed by atoms with Gasteiger partial charge in [0, 0.05) is 0 Å². The van der Waals surface area contributed by atoms with Crippen molar-refractivity contribution < 1.29 is 14.6 Å². The number of rotatable bonds is 5. The molecule has 134 valence electrons. The SMILES string of the molecule is CCOc1ccc(Oc2nc(-c3ccccc3O)nc3ccccc23)cc1. The van der Waals surface area contributed by atoms with E-state index in [2.05, 4.69) is 9.97 Å². The minimum absolute atomic E-state index is 0.125. The van der Waals surface area contributed by atoms with E-state index < -0.39 is 0 Å². The van der Waals surface area contributed by atoms with Crippen molar-refractivity contribution in [2.45, 2.75) is 6.92 Å². The lowest BCUT2D eigenvalue weighted by molar-refractivity contribution is 0.339. The highest BCUT2D eigenvalue weighted by Gasteiger charge is 2.13. The van der Waals surface area contributed by atoms with Crippen LogP contribution in [0.3, 0.4) is 0 Å². The lowest BCUT2D eigenvalue weighted by Crippen LogP contribution is -1.96. The van der Waals surface area contributed by atoms with Gasteiger partial charge in [0.15, 0.2) is 5.82 Å². The highest BCUT2D eigenvalue weighted by molar-refractivity contribution is 5.85. The van der Waals surface area contributed by atoms with Crippen molar-refractivity contribution in [3.8, 4) is 34.5 Å². The molecule has 0 bridgehead atoms. The molecular weight excluding hydrogens is 340 g/mol. The lowest BCUT2D eigenvalue weighted by atomic mass is 10.1. The molecule has 0 saturated heterocycles. The second kappa shape index (κ2) is 7.33. The molecule has 0 unspecified atom stereocenters. The van der Waals surface area contributed by atoms with Gasteiger partial charge in [0.05, 0.1) is 23.1 Å². The van der Waals surface area contributed by atoms with E-state index >= 15 is 0 Å². The van der Waals surface area contributed by atoms with Gasteiger partial charge in [0.25, 0.3) is 0 Å². The van der Waals surface area contributed by atoms with E-state index in [4.69, 9.17) is 9.47 Å². The predicted molar refractivity (Wildman–Crippen MR) is 104 cm³/mol. The summed E-state index contributed by atoms with van der Waals surface area (Å²) in [6.45, 7) is 2.55. The fourth-order valence-corrected chi connectivity index (χ4v) is 2.79. The summed E-state index contributed by atoms with van der Waals surface area (Å²) in [5.41, 5.74) is 1.30. The molecule has 0 aliphatic rings. The number of para-hydroxylation sites is 2. The van der Waals surface area contributed by atoms with Gasteiger partial charge in [0.1, 0.15) is 17.2 Å². The van der Waals surface area contributed by atoms with Crippen LogP contribution in [0.4, 0.5) is 0 Å². The van der Waals surface area contributed by atoms with Crippen molar-refractivity contribution in [2.24, 2.45) is 0 Å². The number of ether oxygens (including phenoxy) is 2. The van der Waals surface area contributed by atoms with Crippen molar-refractivity contribution >= 4 is 10.9 Å². The lowest BCUT2D eigenvalue weighted by Gasteiger charge is -2.11. The van der Waals surface area contributed by atoms with Crippen molar-refractivity contribution in [1.29, 1.82) is 0 Å². The summed E-state index contributed by atoms with van der Waals surface area (Å²) in [4.78, 5) is 9.14. The fourth-order valence-electron chi connectivity index (χ4n) is 2.79. The van der Waals surface area contributed by atoms with E-state index in [1.807, 2.05) is 61.5 Å². The summed E-state index contributed by atoms with van der Waals surface area (Å²) in [5.74, 6) is 2.40. The summed E-state index contributed by atoms with van der Waals surface area (Å²) in [6.07, 6.45) is 0. The zero-order chi connectivity index (χ0) is 18.6. The molecule has 1 heterocycles. The van der Waals surface area contributed by atoms with Crippen LogP contribution in [0.15, 0.2) is 72.8 Å². The zero-order valence-corrected chi connectivity index (χ0v) is 14.8. The van der Waals surface area contributed by atoms with Crippen LogP contribution in [0, 0.1) is 0 Å². The van der Waals surface area contributed by atoms with Gasteiger partial charge in [-0.1, -0.05) is 24.3 Å². The Morgan fingerprint density at radius 2 is 1.52 bits per heavy atom. The number of hydrogen-bond acceptors (Lipinski definition) is 5. The standard InChI is InChI=1S/C22H18N2O3/c1-2-26-15-11-13-16(14-12-15)27-22-17-7-3-5-9-19(17)23-21(24-22)18-8-4-6-10-20(18)25/h3-14,25H,2H2,1H3. The van der Waals surface area contributed by atoms with Crippen LogP contribution in [-0.2, 0) is 0 Å². The van der Waals surface area contributed by atoms with Gasteiger partial charge in [0.2, 0.25) is 5.88 Å². The minimum atomic E-state index is 0.125. The maximum absolute atomic E-state index is 10.2. The van der Waals surface area contributed by atoms with E-state index in [-0.39, 0.29) is 5.75 Å². The van der Waals surface area contributed by atoms with Gasteiger partial charge < -0.3 is 14.6 Å². The summed E-state index contributed by atoms with van der Waals surface area (Å²) in [5, 5.41) is 11.0. The molecular formula is C22H18N2O3. The second-order valence-corrected chi connectivity index (χ2v) is 5.89. The molecule has 0 fully saturated rings. The molecule has 0 atom stereocenters. The molecule has 0 saturated carbocycles. The Morgan fingerprint density at radius 1 is 0.815 bits per heavy atom. The van der Waals surface area contributed by atoms with Crippen molar-refractivity contribution in [3.63, 3.8) is 0 Å².